The maximum atomic E-state index is 12.0. The lowest BCUT2D eigenvalue weighted by molar-refractivity contribution is 0.122. The second kappa shape index (κ2) is 9.17. The predicted molar refractivity (Wildman–Crippen MR) is 100 cm³/mol. The first-order valence-electron chi connectivity index (χ1n) is 8.76. The second-order valence-electron chi connectivity index (χ2n) is 6.18. The van der Waals surface area contributed by atoms with Crippen LogP contribution in [0.25, 0.3) is 0 Å². The molecule has 1 aromatic carbocycles. The molecule has 138 valence electrons. The number of carbonyl (C=O) groups excluding carboxylic acids is 1. The fraction of sp³-hybridized carbons (Fsp3) is 0.368. The van der Waals surface area contributed by atoms with Gasteiger partial charge in [0.1, 0.15) is 5.82 Å². The topological polar surface area (TPSA) is 86.7 Å². The first-order valence-corrected chi connectivity index (χ1v) is 8.76. The van der Waals surface area contributed by atoms with Crippen molar-refractivity contribution in [2.45, 2.75) is 12.5 Å². The minimum absolute atomic E-state index is 0.181. The molecule has 1 fully saturated rings. The highest BCUT2D eigenvalue weighted by atomic mass is 16.5. The maximum absolute atomic E-state index is 12.0. The lowest BCUT2D eigenvalue weighted by Gasteiger charge is -2.27. The van der Waals surface area contributed by atoms with E-state index in [-0.39, 0.29) is 12.6 Å². The standard InChI is InChI=1S/C19H24N4O3/c24-17(12-15-4-2-1-3-5-15)14-21-19(25)22-16-6-7-18(20-13-16)23-8-10-26-11-9-23/h1-7,13,17,24H,8-12,14H2,(H2,21,22,25)/t17-/m0/s1. The zero-order valence-electron chi connectivity index (χ0n) is 14.6. The molecule has 0 aliphatic carbocycles. The molecule has 0 bridgehead atoms. The van der Waals surface area contributed by atoms with E-state index in [1.165, 1.54) is 0 Å². The fourth-order valence-corrected chi connectivity index (χ4v) is 2.78. The van der Waals surface area contributed by atoms with Gasteiger partial charge in [-0.15, -0.1) is 0 Å². The number of benzene rings is 1. The number of urea groups is 1. The maximum Gasteiger partial charge on any atom is 0.319 e. The van der Waals surface area contributed by atoms with Crippen LogP contribution in [0.2, 0.25) is 0 Å². The molecule has 1 aliphatic heterocycles. The van der Waals surface area contributed by atoms with Crippen LogP contribution in [0.15, 0.2) is 48.7 Å². The highest BCUT2D eigenvalue weighted by Gasteiger charge is 2.12. The van der Waals surface area contributed by atoms with Gasteiger partial charge in [0.15, 0.2) is 0 Å². The molecule has 1 saturated heterocycles. The molecule has 1 aromatic heterocycles. The Balaban J connectivity index is 1.42. The molecule has 3 rings (SSSR count). The van der Waals surface area contributed by atoms with E-state index in [1.807, 2.05) is 42.5 Å². The Bertz CT molecular complexity index is 688. The molecule has 7 nitrogen and oxygen atoms in total. The summed E-state index contributed by atoms with van der Waals surface area (Å²) in [5, 5.41) is 15.4. The van der Waals surface area contributed by atoms with Crippen LogP contribution >= 0.6 is 0 Å². The molecule has 7 heteroatoms. The largest absolute Gasteiger partial charge is 0.391 e. The van der Waals surface area contributed by atoms with Gasteiger partial charge in [0, 0.05) is 26.1 Å². The fourth-order valence-electron chi connectivity index (χ4n) is 2.78. The van der Waals surface area contributed by atoms with Crippen molar-refractivity contribution in [3.8, 4) is 0 Å². The number of pyridine rings is 1. The number of morpholine rings is 1. The van der Waals surface area contributed by atoms with Crippen LogP contribution in [0, 0.1) is 0 Å². The number of aromatic nitrogens is 1. The highest BCUT2D eigenvalue weighted by molar-refractivity contribution is 5.89. The third kappa shape index (κ3) is 5.44. The van der Waals surface area contributed by atoms with Gasteiger partial charge < -0.3 is 25.4 Å². The van der Waals surface area contributed by atoms with E-state index >= 15 is 0 Å². The molecule has 0 spiro atoms. The molecule has 2 aromatic rings. The first-order chi connectivity index (χ1) is 12.7. The Morgan fingerprint density at radius 2 is 1.96 bits per heavy atom. The van der Waals surface area contributed by atoms with Crippen LogP contribution in [-0.4, -0.2) is 55.1 Å². The van der Waals surface area contributed by atoms with Gasteiger partial charge in [0.2, 0.25) is 0 Å². The van der Waals surface area contributed by atoms with Crippen molar-refractivity contribution in [1.82, 2.24) is 10.3 Å². The summed E-state index contributed by atoms with van der Waals surface area (Å²) in [5.41, 5.74) is 1.64. The molecule has 0 saturated carbocycles. The van der Waals surface area contributed by atoms with E-state index in [9.17, 15) is 9.90 Å². The molecule has 26 heavy (non-hydrogen) atoms. The quantitative estimate of drug-likeness (QED) is 0.733. The number of rotatable bonds is 6. The van der Waals surface area contributed by atoms with Crippen molar-refractivity contribution in [2.24, 2.45) is 0 Å². The first kappa shape index (κ1) is 18.2. The van der Waals surface area contributed by atoms with Gasteiger partial charge in [0.25, 0.3) is 0 Å². The molecule has 0 radical (unpaired) electrons. The van der Waals surface area contributed by atoms with E-state index in [0.29, 0.717) is 25.3 Å². The summed E-state index contributed by atoms with van der Waals surface area (Å²) < 4.78 is 5.33. The number of ether oxygens (including phenoxy) is 1. The molecule has 2 amide bonds. The van der Waals surface area contributed by atoms with E-state index in [4.69, 9.17) is 4.74 Å². The summed E-state index contributed by atoms with van der Waals surface area (Å²) >= 11 is 0. The summed E-state index contributed by atoms with van der Waals surface area (Å²) in [6.45, 7) is 3.23. The number of hydrogen-bond donors (Lipinski definition) is 3. The Labute approximate surface area is 153 Å². The van der Waals surface area contributed by atoms with Gasteiger partial charge in [-0.1, -0.05) is 30.3 Å². The average molecular weight is 356 g/mol. The zero-order chi connectivity index (χ0) is 18.2. The van der Waals surface area contributed by atoms with Crippen molar-refractivity contribution in [3.63, 3.8) is 0 Å². The molecular weight excluding hydrogens is 332 g/mol. The molecule has 1 aliphatic rings. The van der Waals surface area contributed by atoms with Crippen molar-refractivity contribution >= 4 is 17.5 Å². The summed E-state index contributed by atoms with van der Waals surface area (Å²) in [5.74, 6) is 0.873. The number of carbonyl (C=O) groups is 1. The number of anilines is 2. The Morgan fingerprint density at radius 1 is 1.19 bits per heavy atom. The third-order valence-corrected chi connectivity index (χ3v) is 4.15. The number of nitrogens with zero attached hydrogens (tertiary/aromatic N) is 2. The molecule has 2 heterocycles. The van der Waals surface area contributed by atoms with Gasteiger partial charge in [-0.05, 0) is 17.7 Å². The molecule has 1 atom stereocenters. The van der Waals surface area contributed by atoms with E-state index in [1.54, 1.807) is 6.20 Å². The van der Waals surface area contributed by atoms with Gasteiger partial charge in [0.05, 0.1) is 31.2 Å². The summed E-state index contributed by atoms with van der Waals surface area (Å²) in [4.78, 5) is 18.5. The Hall–Kier alpha value is -2.64. The minimum Gasteiger partial charge on any atom is -0.391 e. The summed E-state index contributed by atoms with van der Waals surface area (Å²) in [6.07, 6.45) is 1.49. The summed E-state index contributed by atoms with van der Waals surface area (Å²) in [7, 11) is 0. The van der Waals surface area contributed by atoms with Gasteiger partial charge >= 0.3 is 6.03 Å². The summed E-state index contributed by atoms with van der Waals surface area (Å²) in [6, 6.07) is 13.0. The number of aliphatic hydroxyl groups excluding tert-OH is 1. The number of amides is 2. The Morgan fingerprint density at radius 3 is 2.65 bits per heavy atom. The van der Waals surface area contributed by atoms with E-state index in [2.05, 4.69) is 20.5 Å². The van der Waals surface area contributed by atoms with Crippen molar-refractivity contribution < 1.29 is 14.6 Å². The minimum atomic E-state index is -0.634. The lowest BCUT2D eigenvalue weighted by Crippen LogP contribution is -2.37. The average Bonchev–Trinajstić information content (AvgIpc) is 2.68. The third-order valence-electron chi connectivity index (χ3n) is 4.15. The normalized spacial score (nSPS) is 15.3. The van der Waals surface area contributed by atoms with Crippen molar-refractivity contribution in [1.29, 1.82) is 0 Å². The molecule has 0 unspecified atom stereocenters. The molecule has 3 N–H and O–H groups in total. The van der Waals surface area contributed by atoms with Gasteiger partial charge in [-0.3, -0.25) is 0 Å². The monoisotopic (exact) mass is 356 g/mol. The number of nitrogens with one attached hydrogen (secondary N) is 2. The second-order valence-corrected chi connectivity index (χ2v) is 6.18. The van der Waals surface area contributed by atoms with Gasteiger partial charge in [-0.25, -0.2) is 9.78 Å². The SMILES string of the molecule is O=C(NC[C@@H](O)Cc1ccccc1)Nc1ccc(N2CCOCC2)nc1. The van der Waals surface area contributed by atoms with E-state index < -0.39 is 6.10 Å². The van der Waals surface area contributed by atoms with Crippen LogP contribution in [0.5, 0.6) is 0 Å². The lowest BCUT2D eigenvalue weighted by atomic mass is 10.1. The molecular formula is C19H24N4O3. The predicted octanol–water partition coefficient (Wildman–Crippen LogP) is 1.64. The number of hydrogen-bond acceptors (Lipinski definition) is 5. The van der Waals surface area contributed by atoms with Crippen LogP contribution in [0.3, 0.4) is 0 Å². The van der Waals surface area contributed by atoms with Crippen LogP contribution in [-0.2, 0) is 11.2 Å². The zero-order valence-corrected chi connectivity index (χ0v) is 14.6. The van der Waals surface area contributed by atoms with Crippen LogP contribution in [0.4, 0.5) is 16.3 Å². The van der Waals surface area contributed by atoms with Gasteiger partial charge in [-0.2, -0.15) is 0 Å². The smallest absolute Gasteiger partial charge is 0.319 e. The van der Waals surface area contributed by atoms with Crippen molar-refractivity contribution in [2.75, 3.05) is 43.1 Å². The van der Waals surface area contributed by atoms with E-state index in [0.717, 1.165) is 24.5 Å². The highest BCUT2D eigenvalue weighted by Crippen LogP contribution is 2.15. The number of aliphatic hydroxyl groups is 1. The van der Waals surface area contributed by atoms with Crippen molar-refractivity contribution in [3.05, 3.63) is 54.2 Å². The Kier molecular flexibility index (Phi) is 6.40. The van der Waals surface area contributed by atoms with Crippen LogP contribution in [0.1, 0.15) is 5.56 Å². The van der Waals surface area contributed by atoms with Crippen LogP contribution < -0.4 is 15.5 Å².